The van der Waals surface area contributed by atoms with Crippen LogP contribution in [-0.4, -0.2) is 25.7 Å². The summed E-state index contributed by atoms with van der Waals surface area (Å²) in [5, 5.41) is 6.69. The fourth-order valence-corrected chi connectivity index (χ4v) is 1.28. The van der Waals surface area contributed by atoms with Crippen LogP contribution in [0.3, 0.4) is 0 Å². The second-order valence-corrected chi connectivity index (χ2v) is 4.08. The Balaban J connectivity index is 4.78. The number of carbonyl (C=O) groups is 1. The maximum Gasteiger partial charge on any atom is 0.205 e. The molecule has 0 aliphatic carbocycles. The summed E-state index contributed by atoms with van der Waals surface area (Å²) in [6, 6.07) is 1.40. The molecule has 0 aromatic heterocycles. The highest BCUT2D eigenvalue weighted by atomic mass is 32.2. The summed E-state index contributed by atoms with van der Waals surface area (Å²) in [4.78, 5) is 10.4. The number of Topliss-reactive ketones (excluding diaryl/α,β-unsaturated/α-hetero) is 1. The first-order valence-electron chi connectivity index (χ1n) is 2.48. The Bertz CT molecular complexity index is 272. The molecule has 0 saturated carbocycles. The van der Waals surface area contributed by atoms with Crippen molar-refractivity contribution in [3.05, 3.63) is 0 Å². The summed E-state index contributed by atoms with van der Waals surface area (Å²) in [6.45, 7) is 1.08. The maximum atomic E-state index is 10.6. The molecule has 0 radical (unpaired) electrons. The predicted molar refractivity (Wildman–Crippen MR) is 34.9 cm³/mol. The van der Waals surface area contributed by atoms with Gasteiger partial charge in [0, 0.05) is 6.26 Å². The van der Waals surface area contributed by atoms with E-state index < -0.39 is 20.9 Å². The van der Waals surface area contributed by atoms with Crippen molar-refractivity contribution in [3.8, 4) is 6.07 Å². The van der Waals surface area contributed by atoms with E-state index in [0.717, 1.165) is 13.2 Å². The van der Waals surface area contributed by atoms with E-state index >= 15 is 0 Å². The van der Waals surface area contributed by atoms with Crippen molar-refractivity contribution in [1.82, 2.24) is 0 Å². The number of nitrogens with zero attached hydrogens (tertiary/aromatic N) is 1. The molecule has 0 rings (SSSR count). The van der Waals surface area contributed by atoms with Gasteiger partial charge in [0.25, 0.3) is 0 Å². The largest absolute Gasteiger partial charge is 0.297 e. The van der Waals surface area contributed by atoms with Gasteiger partial charge in [-0.05, 0) is 6.92 Å². The average Bonchev–Trinajstić information content (AvgIpc) is 1.60. The van der Waals surface area contributed by atoms with Gasteiger partial charge in [0.2, 0.25) is 5.25 Å². The van der Waals surface area contributed by atoms with Gasteiger partial charge in [-0.2, -0.15) is 5.26 Å². The van der Waals surface area contributed by atoms with Crippen molar-refractivity contribution in [1.29, 1.82) is 5.26 Å². The SMILES string of the molecule is CC(=O)C(C#N)S(C)(=O)=O. The third kappa shape index (κ3) is 2.15. The number of sulfone groups is 1. The van der Waals surface area contributed by atoms with E-state index in [2.05, 4.69) is 0 Å². The van der Waals surface area contributed by atoms with Gasteiger partial charge in [-0.25, -0.2) is 8.42 Å². The van der Waals surface area contributed by atoms with Crippen LogP contribution >= 0.6 is 0 Å². The van der Waals surface area contributed by atoms with E-state index in [-0.39, 0.29) is 0 Å². The van der Waals surface area contributed by atoms with Gasteiger partial charge in [0.1, 0.15) is 0 Å². The van der Waals surface area contributed by atoms with Gasteiger partial charge in [0.15, 0.2) is 15.6 Å². The number of carbonyl (C=O) groups excluding carboxylic acids is 1. The van der Waals surface area contributed by atoms with E-state index in [0.29, 0.717) is 0 Å². The molecule has 0 aromatic carbocycles. The van der Waals surface area contributed by atoms with Crippen molar-refractivity contribution in [3.63, 3.8) is 0 Å². The van der Waals surface area contributed by atoms with Crippen molar-refractivity contribution in [2.45, 2.75) is 12.2 Å². The molecule has 0 saturated heterocycles. The topological polar surface area (TPSA) is 75.0 Å². The minimum Gasteiger partial charge on any atom is -0.297 e. The summed E-state index contributed by atoms with van der Waals surface area (Å²) in [5.41, 5.74) is 0. The van der Waals surface area contributed by atoms with Gasteiger partial charge < -0.3 is 0 Å². The van der Waals surface area contributed by atoms with Gasteiger partial charge in [-0.3, -0.25) is 4.79 Å². The Morgan fingerprint density at radius 1 is 1.60 bits per heavy atom. The molecule has 5 heteroatoms. The molecule has 56 valence electrons. The first-order valence-corrected chi connectivity index (χ1v) is 4.44. The molecule has 0 amide bonds. The Morgan fingerprint density at radius 2 is 2.00 bits per heavy atom. The molecule has 0 N–H and O–H groups in total. The molecule has 10 heavy (non-hydrogen) atoms. The fraction of sp³-hybridized carbons (Fsp3) is 0.600. The normalized spacial score (nSPS) is 13.7. The van der Waals surface area contributed by atoms with Crippen LogP contribution in [0.1, 0.15) is 6.92 Å². The Labute approximate surface area is 59.4 Å². The minimum atomic E-state index is -3.52. The standard InChI is InChI=1S/C5H7NO3S/c1-4(7)5(3-6)10(2,8)9/h5H,1-2H3. The number of ketones is 1. The van der Waals surface area contributed by atoms with Crippen LogP contribution in [0.2, 0.25) is 0 Å². The third-order valence-electron chi connectivity index (χ3n) is 0.915. The highest BCUT2D eigenvalue weighted by Crippen LogP contribution is 1.97. The second-order valence-electron chi connectivity index (χ2n) is 1.95. The Hall–Kier alpha value is -0.890. The molecule has 0 fully saturated rings. The van der Waals surface area contributed by atoms with Crippen LogP contribution < -0.4 is 0 Å². The van der Waals surface area contributed by atoms with E-state index in [1.54, 1.807) is 0 Å². The Kier molecular flexibility index (Phi) is 2.55. The zero-order chi connectivity index (χ0) is 8.36. The Morgan fingerprint density at radius 3 is 2.00 bits per heavy atom. The van der Waals surface area contributed by atoms with Crippen LogP contribution in [0.5, 0.6) is 0 Å². The van der Waals surface area contributed by atoms with Crippen LogP contribution in [0.4, 0.5) is 0 Å². The third-order valence-corrected chi connectivity index (χ3v) is 2.21. The van der Waals surface area contributed by atoms with Crippen LogP contribution in [0, 0.1) is 11.3 Å². The van der Waals surface area contributed by atoms with Crippen LogP contribution in [-0.2, 0) is 14.6 Å². The molecule has 0 aliphatic rings. The summed E-state index contributed by atoms with van der Waals surface area (Å²) < 4.78 is 21.1. The van der Waals surface area contributed by atoms with Gasteiger partial charge in [-0.15, -0.1) is 0 Å². The molecule has 4 nitrogen and oxygen atoms in total. The van der Waals surface area contributed by atoms with Crippen LogP contribution in [0.25, 0.3) is 0 Å². The first-order chi connectivity index (χ1) is 4.39. The van der Waals surface area contributed by atoms with Crippen LogP contribution in [0.15, 0.2) is 0 Å². The van der Waals surface area contributed by atoms with Gasteiger partial charge >= 0.3 is 0 Å². The van der Waals surface area contributed by atoms with Crippen molar-refractivity contribution < 1.29 is 13.2 Å². The smallest absolute Gasteiger partial charge is 0.205 e. The monoisotopic (exact) mass is 161 g/mol. The van der Waals surface area contributed by atoms with Gasteiger partial charge in [0.05, 0.1) is 6.07 Å². The summed E-state index contributed by atoms with van der Waals surface area (Å²) in [7, 11) is -3.52. The van der Waals surface area contributed by atoms with E-state index in [1.165, 1.54) is 6.07 Å². The average molecular weight is 161 g/mol. The molecule has 0 bridgehead atoms. The highest BCUT2D eigenvalue weighted by molar-refractivity contribution is 7.92. The molecular weight excluding hydrogens is 154 g/mol. The number of rotatable bonds is 2. The lowest BCUT2D eigenvalue weighted by Gasteiger charge is -1.98. The molecule has 0 aliphatic heterocycles. The number of hydrogen-bond donors (Lipinski definition) is 0. The van der Waals surface area contributed by atoms with Crippen molar-refractivity contribution in [2.24, 2.45) is 0 Å². The lowest BCUT2D eigenvalue weighted by molar-refractivity contribution is -0.115. The molecule has 0 heterocycles. The fourth-order valence-electron chi connectivity index (χ4n) is 0.488. The molecule has 1 unspecified atom stereocenters. The molecule has 0 aromatic rings. The molecule has 1 atom stereocenters. The summed E-state index contributed by atoms with van der Waals surface area (Å²) in [6.07, 6.45) is 0.863. The van der Waals surface area contributed by atoms with Crippen molar-refractivity contribution in [2.75, 3.05) is 6.26 Å². The molecular formula is C5H7NO3S. The number of hydrogen-bond acceptors (Lipinski definition) is 4. The van der Waals surface area contributed by atoms with E-state index in [1.807, 2.05) is 0 Å². The predicted octanol–water partition coefficient (Wildman–Crippen LogP) is -0.488. The maximum absolute atomic E-state index is 10.6. The first kappa shape index (κ1) is 9.11. The quantitative estimate of drug-likeness (QED) is 0.547. The second kappa shape index (κ2) is 2.80. The minimum absolute atomic E-state index is 0.634. The zero-order valence-electron chi connectivity index (χ0n) is 5.66. The summed E-state index contributed by atoms with van der Waals surface area (Å²) >= 11 is 0. The molecule has 0 spiro atoms. The summed E-state index contributed by atoms with van der Waals surface area (Å²) in [5.74, 6) is -0.634. The zero-order valence-corrected chi connectivity index (χ0v) is 6.47. The van der Waals surface area contributed by atoms with Crippen molar-refractivity contribution >= 4 is 15.6 Å². The van der Waals surface area contributed by atoms with E-state index in [4.69, 9.17) is 5.26 Å². The number of nitriles is 1. The van der Waals surface area contributed by atoms with E-state index in [9.17, 15) is 13.2 Å². The highest BCUT2D eigenvalue weighted by Gasteiger charge is 2.24. The van der Waals surface area contributed by atoms with Gasteiger partial charge in [-0.1, -0.05) is 0 Å². The lowest BCUT2D eigenvalue weighted by atomic mass is 10.3. The lowest BCUT2D eigenvalue weighted by Crippen LogP contribution is -2.25.